The molecule has 0 aliphatic heterocycles. The summed E-state index contributed by atoms with van der Waals surface area (Å²) < 4.78 is 7.22. The van der Waals surface area contributed by atoms with E-state index < -0.39 is 12.9 Å². The Labute approximate surface area is 268 Å². The zero-order chi connectivity index (χ0) is 32.0. The zero-order valence-electron chi connectivity index (χ0n) is 27.1. The topological polar surface area (TPSA) is 55.3 Å². The van der Waals surface area contributed by atoms with E-state index in [9.17, 15) is 10.0 Å². The van der Waals surface area contributed by atoms with Crippen LogP contribution in [0.4, 0.5) is 0 Å². The van der Waals surface area contributed by atoms with Gasteiger partial charge in [0.05, 0.1) is 35.5 Å². The number of quaternary nitrogens is 1. The van der Waals surface area contributed by atoms with Crippen LogP contribution in [0.5, 0.6) is 0 Å². The Bertz CT molecular complexity index is 1790. The quantitative estimate of drug-likeness (QED) is 0.129. The van der Waals surface area contributed by atoms with E-state index in [0.29, 0.717) is 0 Å². The summed E-state index contributed by atoms with van der Waals surface area (Å²) in [5.74, 6) is -0.273. The van der Waals surface area contributed by atoms with Gasteiger partial charge in [0.1, 0.15) is 5.60 Å². The molecule has 0 saturated heterocycles. The Kier molecular flexibility index (Phi) is 10.1. The molecule has 0 fully saturated rings. The summed E-state index contributed by atoms with van der Waals surface area (Å²) in [6.45, 7) is 2.16. The molecule has 0 amide bonds. The molecule has 0 heterocycles. The predicted octanol–water partition coefficient (Wildman–Crippen LogP) is 7.41. The fourth-order valence-corrected chi connectivity index (χ4v) is 6.22. The molecule has 1 unspecified atom stereocenters. The third kappa shape index (κ3) is 7.63. The second-order valence-corrected chi connectivity index (χ2v) is 13.3. The number of nitrogens with zero attached hydrogens (tertiary/aromatic N) is 1. The van der Waals surface area contributed by atoms with Crippen molar-refractivity contribution in [1.82, 2.24) is 0 Å². The Morgan fingerprint density at radius 1 is 0.600 bits per heavy atom. The van der Waals surface area contributed by atoms with Gasteiger partial charge in [0.25, 0.3) is 0 Å². The monoisotopic (exact) mass is 596 g/mol. The Balaban J connectivity index is 0.000000743. The predicted molar refractivity (Wildman–Crippen MR) is 186 cm³/mol. The van der Waals surface area contributed by atoms with Gasteiger partial charge in [0.2, 0.25) is 0 Å². The average molecular weight is 597 g/mol. The van der Waals surface area contributed by atoms with Crippen molar-refractivity contribution in [2.24, 2.45) is 0 Å². The van der Waals surface area contributed by atoms with E-state index in [1.807, 2.05) is 48.5 Å². The lowest BCUT2D eigenvalue weighted by molar-refractivity contribution is -0.849. The lowest BCUT2D eigenvalue weighted by atomic mass is 9.69. The average Bonchev–Trinajstić information content (AvgIpc) is 3.02. The van der Waals surface area contributed by atoms with Crippen molar-refractivity contribution in [3.63, 3.8) is 0 Å². The van der Waals surface area contributed by atoms with Gasteiger partial charge in [-0.3, -0.25) is 0 Å². The summed E-state index contributed by atoms with van der Waals surface area (Å²) >= 11 is 0. The summed E-state index contributed by atoms with van der Waals surface area (Å²) in [6, 6.07) is 43.4. The van der Waals surface area contributed by atoms with Crippen molar-refractivity contribution in [2.75, 3.05) is 28.2 Å². The van der Waals surface area contributed by atoms with Crippen molar-refractivity contribution in [3.05, 3.63) is 144 Å². The molecule has 0 aliphatic carbocycles. The van der Waals surface area contributed by atoms with E-state index >= 15 is 0 Å². The van der Waals surface area contributed by atoms with Gasteiger partial charge < -0.3 is 19.2 Å². The van der Waals surface area contributed by atoms with Crippen LogP contribution < -0.4 is 10.0 Å². The SMILES string of the molecule is CCCCC(c1ccc2ccccc2c1)C(OB([O-])[O-])(c1ccc2ccccc2c1)c1ccc2ccccc2c1.C[N+](C)(C)C. The second-order valence-electron chi connectivity index (χ2n) is 13.3. The van der Waals surface area contributed by atoms with Crippen molar-refractivity contribution in [1.29, 1.82) is 0 Å². The van der Waals surface area contributed by atoms with Crippen molar-refractivity contribution in [2.45, 2.75) is 37.7 Å². The molecular weight excluding hydrogens is 553 g/mol. The van der Waals surface area contributed by atoms with Gasteiger partial charge in [-0.25, -0.2) is 0 Å². The normalized spacial score (nSPS) is 12.6. The fraction of sp³-hybridized carbons (Fsp3) is 0.250. The largest absolute Gasteiger partial charge is 0.871 e. The Morgan fingerprint density at radius 3 is 1.42 bits per heavy atom. The highest BCUT2D eigenvalue weighted by Crippen LogP contribution is 2.49. The fourth-order valence-electron chi connectivity index (χ4n) is 6.22. The lowest BCUT2D eigenvalue weighted by Gasteiger charge is -2.49. The molecule has 1 atom stereocenters. The second kappa shape index (κ2) is 14.0. The number of benzene rings is 6. The molecule has 6 aromatic rings. The van der Waals surface area contributed by atoms with Crippen LogP contribution in [-0.2, 0) is 10.3 Å². The van der Waals surface area contributed by atoms with Crippen molar-refractivity contribution in [3.8, 4) is 0 Å². The van der Waals surface area contributed by atoms with Crippen LogP contribution in [-0.4, -0.2) is 40.0 Å². The maximum Gasteiger partial charge on any atom is 0.106 e. The number of fused-ring (bicyclic) bond motifs is 3. The van der Waals surface area contributed by atoms with Gasteiger partial charge in [0.15, 0.2) is 0 Å². The van der Waals surface area contributed by atoms with E-state index in [1.165, 1.54) is 0 Å². The molecule has 0 saturated carbocycles. The maximum atomic E-state index is 12.7. The first-order valence-corrected chi connectivity index (χ1v) is 15.8. The highest BCUT2D eigenvalue weighted by atomic mass is 16.6. The van der Waals surface area contributed by atoms with Gasteiger partial charge in [-0.15, -0.1) is 0 Å². The molecular formula is C40H43BNO3-. The van der Waals surface area contributed by atoms with E-state index in [1.54, 1.807) is 0 Å². The molecule has 45 heavy (non-hydrogen) atoms. The Hall–Kier alpha value is -4.00. The molecule has 0 spiro atoms. The van der Waals surface area contributed by atoms with Gasteiger partial charge in [-0.2, -0.15) is 0 Å². The first-order valence-electron chi connectivity index (χ1n) is 15.8. The molecule has 5 heteroatoms. The van der Waals surface area contributed by atoms with Crippen LogP contribution >= 0.6 is 0 Å². The van der Waals surface area contributed by atoms with Gasteiger partial charge in [-0.1, -0.05) is 135 Å². The first-order chi connectivity index (χ1) is 21.6. The maximum absolute atomic E-state index is 12.7. The number of hydrogen-bond acceptors (Lipinski definition) is 3. The van der Waals surface area contributed by atoms with Crippen molar-refractivity contribution < 1.29 is 19.2 Å². The smallest absolute Gasteiger partial charge is 0.106 e. The van der Waals surface area contributed by atoms with E-state index in [-0.39, 0.29) is 5.92 Å². The van der Waals surface area contributed by atoms with Crippen LogP contribution in [0, 0.1) is 0 Å². The first kappa shape index (κ1) is 32.4. The standard InChI is InChI=1S/C36H31BO3.C4H12N/c1-2-3-16-35(32-18-17-26-10-4-7-13-29(26)23-32)36(40-37(38)39,33-21-19-27-11-5-8-14-30(27)24-33)34-22-20-28-12-6-9-15-31(28)25-34;1-5(2,3)4/h4-15,17-25,35H,2-3,16H2,1H3;1-4H3/q-2;+1. The van der Waals surface area contributed by atoms with Crippen LogP contribution in [0.2, 0.25) is 0 Å². The molecule has 230 valence electrons. The van der Waals surface area contributed by atoms with Crippen molar-refractivity contribution >= 4 is 39.6 Å². The lowest BCUT2D eigenvalue weighted by Crippen LogP contribution is -2.55. The zero-order valence-corrected chi connectivity index (χ0v) is 27.1. The van der Waals surface area contributed by atoms with E-state index in [0.717, 1.165) is 72.8 Å². The third-order valence-electron chi connectivity index (χ3n) is 8.15. The number of hydrogen-bond donors (Lipinski definition) is 0. The van der Waals surface area contributed by atoms with Crippen LogP contribution in [0.25, 0.3) is 32.3 Å². The molecule has 6 aromatic carbocycles. The highest BCUT2D eigenvalue weighted by molar-refractivity contribution is 6.28. The summed E-state index contributed by atoms with van der Waals surface area (Å²) in [5.41, 5.74) is 1.38. The molecule has 0 aliphatic rings. The van der Waals surface area contributed by atoms with E-state index in [4.69, 9.17) is 4.65 Å². The Morgan fingerprint density at radius 2 is 1.00 bits per heavy atom. The molecule has 0 bridgehead atoms. The van der Waals surface area contributed by atoms with Gasteiger partial charge in [0, 0.05) is 5.92 Å². The minimum atomic E-state index is -2.47. The van der Waals surface area contributed by atoms with E-state index in [2.05, 4.69) is 114 Å². The third-order valence-corrected chi connectivity index (χ3v) is 8.15. The minimum absolute atomic E-state index is 0.273. The van der Waals surface area contributed by atoms with Crippen LogP contribution in [0.1, 0.15) is 48.8 Å². The molecule has 0 radical (unpaired) electrons. The molecule has 4 nitrogen and oxygen atoms in total. The van der Waals surface area contributed by atoms with Gasteiger partial charge >= 0.3 is 0 Å². The number of unbranched alkanes of at least 4 members (excludes halogenated alkanes) is 1. The molecule has 0 N–H and O–H groups in total. The summed E-state index contributed by atoms with van der Waals surface area (Å²) in [5, 5.41) is 31.8. The minimum Gasteiger partial charge on any atom is -0.871 e. The molecule has 0 aromatic heterocycles. The molecule has 6 rings (SSSR count). The number of rotatable bonds is 9. The summed E-state index contributed by atoms with van der Waals surface area (Å²) in [6.07, 6.45) is 2.65. The highest BCUT2D eigenvalue weighted by Gasteiger charge is 2.43. The van der Waals surface area contributed by atoms with Crippen LogP contribution in [0.15, 0.2) is 127 Å². The summed E-state index contributed by atoms with van der Waals surface area (Å²) in [7, 11) is 6.03. The summed E-state index contributed by atoms with van der Waals surface area (Å²) in [4.78, 5) is 0. The van der Waals surface area contributed by atoms with Gasteiger partial charge in [-0.05, 0) is 67.6 Å². The van der Waals surface area contributed by atoms with Crippen LogP contribution in [0.3, 0.4) is 0 Å².